The highest BCUT2D eigenvalue weighted by Crippen LogP contribution is 2.34. The van der Waals surface area contributed by atoms with E-state index in [9.17, 15) is 18.0 Å². The van der Waals surface area contributed by atoms with Crippen LogP contribution >= 0.6 is 0 Å². The Bertz CT molecular complexity index is 588. The molecule has 0 radical (unpaired) electrons. The van der Waals surface area contributed by atoms with Gasteiger partial charge < -0.3 is 10.6 Å². The van der Waals surface area contributed by atoms with E-state index in [2.05, 4.69) is 10.6 Å². The number of fused-ring (bicyclic) bond motifs is 2. The lowest BCUT2D eigenvalue weighted by atomic mass is 9.89. The van der Waals surface area contributed by atoms with Gasteiger partial charge in [-0.3, -0.25) is 4.79 Å². The van der Waals surface area contributed by atoms with Crippen molar-refractivity contribution in [2.24, 2.45) is 5.92 Å². The van der Waals surface area contributed by atoms with Crippen LogP contribution in [0.4, 0.5) is 18.9 Å². The largest absolute Gasteiger partial charge is 0.416 e. The minimum Gasteiger partial charge on any atom is -0.326 e. The van der Waals surface area contributed by atoms with Crippen LogP contribution < -0.4 is 10.6 Å². The highest BCUT2D eigenvalue weighted by molar-refractivity contribution is 5.91. The summed E-state index contributed by atoms with van der Waals surface area (Å²) in [7, 11) is 0. The molecule has 2 aliphatic rings. The lowest BCUT2D eigenvalue weighted by Gasteiger charge is -2.28. The van der Waals surface area contributed by atoms with E-state index >= 15 is 0 Å². The van der Waals surface area contributed by atoms with E-state index in [0.29, 0.717) is 24.4 Å². The molecule has 0 aromatic heterocycles. The molecule has 2 aliphatic heterocycles. The van der Waals surface area contributed by atoms with E-state index in [-0.39, 0.29) is 17.2 Å². The summed E-state index contributed by atoms with van der Waals surface area (Å²) in [4.78, 5) is 12.1. The molecule has 2 unspecified atom stereocenters. The zero-order valence-corrected chi connectivity index (χ0v) is 13.0. The average Bonchev–Trinajstić information content (AvgIpc) is 2.79. The standard InChI is InChI=1S/C17H21F3N2O/c1-10-2-3-14(9-15(10)17(18,19)20)22-16(23)8-11-6-12-4-5-13(7-11)21-12/h2-3,9,11-13,21H,4-8H2,1H3,(H,22,23). The predicted molar refractivity (Wildman–Crippen MR) is 82.1 cm³/mol. The van der Waals surface area contributed by atoms with Crippen molar-refractivity contribution >= 4 is 11.6 Å². The molecular weight excluding hydrogens is 305 g/mol. The van der Waals surface area contributed by atoms with Gasteiger partial charge in [-0.1, -0.05) is 6.07 Å². The second-order valence-electron chi connectivity index (χ2n) is 6.76. The maximum Gasteiger partial charge on any atom is 0.416 e. The van der Waals surface area contributed by atoms with Crippen LogP contribution in [0.5, 0.6) is 0 Å². The third-order valence-corrected chi connectivity index (χ3v) is 4.87. The van der Waals surface area contributed by atoms with Gasteiger partial charge in [0.05, 0.1) is 5.56 Å². The van der Waals surface area contributed by atoms with Gasteiger partial charge in [-0.05, 0) is 56.2 Å². The van der Waals surface area contributed by atoms with Gasteiger partial charge in [0.2, 0.25) is 5.91 Å². The minimum atomic E-state index is -4.40. The lowest BCUT2D eigenvalue weighted by Crippen LogP contribution is -2.39. The average molecular weight is 326 g/mol. The Hall–Kier alpha value is -1.56. The first kappa shape index (κ1) is 16.3. The van der Waals surface area contributed by atoms with Crippen molar-refractivity contribution in [3.8, 4) is 0 Å². The molecule has 1 aromatic carbocycles. The fourth-order valence-corrected chi connectivity index (χ4v) is 3.82. The van der Waals surface area contributed by atoms with E-state index in [1.165, 1.54) is 19.1 Å². The summed E-state index contributed by atoms with van der Waals surface area (Å²) in [5.74, 6) is 0.120. The summed E-state index contributed by atoms with van der Waals surface area (Å²) < 4.78 is 38.7. The second kappa shape index (κ2) is 6.15. The number of anilines is 1. The summed E-state index contributed by atoms with van der Waals surface area (Å²) in [5, 5.41) is 6.14. The van der Waals surface area contributed by atoms with Crippen LogP contribution in [0.15, 0.2) is 18.2 Å². The number of alkyl halides is 3. The summed E-state index contributed by atoms with van der Waals surface area (Å²) >= 11 is 0. The fourth-order valence-electron chi connectivity index (χ4n) is 3.82. The van der Waals surface area contributed by atoms with Crippen LogP contribution in [0.25, 0.3) is 0 Å². The topological polar surface area (TPSA) is 41.1 Å². The number of halogens is 3. The Labute approximate surface area is 133 Å². The van der Waals surface area contributed by atoms with Crippen molar-refractivity contribution in [3.63, 3.8) is 0 Å². The molecule has 126 valence electrons. The molecule has 0 aliphatic carbocycles. The quantitative estimate of drug-likeness (QED) is 0.885. The van der Waals surface area contributed by atoms with Crippen molar-refractivity contribution in [3.05, 3.63) is 29.3 Å². The highest BCUT2D eigenvalue weighted by atomic mass is 19.4. The van der Waals surface area contributed by atoms with Crippen LogP contribution in [0, 0.1) is 12.8 Å². The number of amides is 1. The molecular formula is C17H21F3N2O. The molecule has 3 nitrogen and oxygen atoms in total. The first-order chi connectivity index (χ1) is 10.8. The Balaban J connectivity index is 1.62. The number of aryl methyl sites for hydroxylation is 1. The van der Waals surface area contributed by atoms with Crippen molar-refractivity contribution in [2.75, 3.05) is 5.32 Å². The van der Waals surface area contributed by atoms with E-state index < -0.39 is 11.7 Å². The zero-order chi connectivity index (χ0) is 16.6. The SMILES string of the molecule is Cc1ccc(NC(=O)CC2CC3CCC(C2)N3)cc1C(F)(F)F. The fraction of sp³-hybridized carbons (Fsp3) is 0.588. The first-order valence-corrected chi connectivity index (χ1v) is 8.05. The molecule has 2 bridgehead atoms. The molecule has 2 heterocycles. The molecule has 2 atom stereocenters. The van der Waals surface area contributed by atoms with Crippen LogP contribution in [-0.4, -0.2) is 18.0 Å². The van der Waals surface area contributed by atoms with Gasteiger partial charge in [-0.2, -0.15) is 13.2 Å². The molecule has 1 amide bonds. The summed E-state index contributed by atoms with van der Waals surface area (Å²) in [6.07, 6.45) is 0.256. The van der Waals surface area contributed by atoms with Crippen molar-refractivity contribution in [1.29, 1.82) is 0 Å². The molecule has 0 saturated carbocycles. The van der Waals surface area contributed by atoms with Crippen molar-refractivity contribution in [2.45, 2.75) is 57.3 Å². The van der Waals surface area contributed by atoms with Crippen molar-refractivity contribution < 1.29 is 18.0 Å². The van der Waals surface area contributed by atoms with Crippen LogP contribution in [0.3, 0.4) is 0 Å². The van der Waals surface area contributed by atoms with Crippen LogP contribution in [0.1, 0.15) is 43.2 Å². The van der Waals surface area contributed by atoms with Gasteiger partial charge in [-0.25, -0.2) is 0 Å². The van der Waals surface area contributed by atoms with Crippen molar-refractivity contribution in [1.82, 2.24) is 5.32 Å². The molecule has 2 N–H and O–H groups in total. The summed E-state index contributed by atoms with van der Waals surface area (Å²) in [5.41, 5.74) is -0.328. The molecule has 2 saturated heterocycles. The number of hydrogen-bond acceptors (Lipinski definition) is 2. The number of nitrogens with one attached hydrogen (secondary N) is 2. The van der Waals surface area contributed by atoms with E-state index in [0.717, 1.165) is 31.7 Å². The first-order valence-electron chi connectivity index (χ1n) is 8.05. The number of benzene rings is 1. The third-order valence-electron chi connectivity index (χ3n) is 4.87. The maximum atomic E-state index is 12.9. The summed E-state index contributed by atoms with van der Waals surface area (Å²) in [6.45, 7) is 1.42. The zero-order valence-electron chi connectivity index (χ0n) is 13.0. The minimum absolute atomic E-state index is 0.158. The molecule has 3 rings (SSSR count). The van der Waals surface area contributed by atoms with Gasteiger partial charge in [0.15, 0.2) is 0 Å². The summed E-state index contributed by atoms with van der Waals surface area (Å²) in [6, 6.07) is 4.93. The monoisotopic (exact) mass is 326 g/mol. The highest BCUT2D eigenvalue weighted by Gasteiger charge is 2.35. The number of hydrogen-bond donors (Lipinski definition) is 2. The number of carbonyl (C=O) groups is 1. The van der Waals surface area contributed by atoms with Gasteiger partial charge in [0.1, 0.15) is 0 Å². The van der Waals surface area contributed by atoms with E-state index in [1.54, 1.807) is 0 Å². The molecule has 6 heteroatoms. The maximum absolute atomic E-state index is 12.9. The Morgan fingerprint density at radius 3 is 2.52 bits per heavy atom. The Kier molecular flexibility index (Phi) is 4.36. The number of carbonyl (C=O) groups excluding carboxylic acids is 1. The number of rotatable bonds is 3. The molecule has 23 heavy (non-hydrogen) atoms. The normalized spacial score (nSPS) is 27.0. The van der Waals surface area contributed by atoms with Gasteiger partial charge in [-0.15, -0.1) is 0 Å². The van der Waals surface area contributed by atoms with E-state index in [4.69, 9.17) is 0 Å². The second-order valence-corrected chi connectivity index (χ2v) is 6.76. The van der Waals surface area contributed by atoms with Crippen LogP contribution in [-0.2, 0) is 11.0 Å². The smallest absolute Gasteiger partial charge is 0.326 e. The van der Waals surface area contributed by atoms with Crippen LogP contribution in [0.2, 0.25) is 0 Å². The third kappa shape index (κ3) is 3.86. The Morgan fingerprint density at radius 2 is 1.91 bits per heavy atom. The lowest BCUT2D eigenvalue weighted by molar-refractivity contribution is -0.138. The Morgan fingerprint density at radius 1 is 1.26 bits per heavy atom. The van der Waals surface area contributed by atoms with Gasteiger partial charge in [0, 0.05) is 24.2 Å². The van der Waals surface area contributed by atoms with E-state index in [1.807, 2.05) is 0 Å². The predicted octanol–water partition coefficient (Wildman–Crippen LogP) is 3.87. The molecule has 1 aromatic rings. The molecule has 2 fully saturated rings. The molecule has 0 spiro atoms. The van der Waals surface area contributed by atoms with Gasteiger partial charge in [0.25, 0.3) is 0 Å². The van der Waals surface area contributed by atoms with Gasteiger partial charge >= 0.3 is 6.18 Å². The number of piperidine rings is 1.